The Kier molecular flexibility index (Phi) is 4.14. The number of carboxylic acids is 1. The number of carbonyl (C=O) groups excluding carboxylic acids is 1. The zero-order valence-corrected chi connectivity index (χ0v) is 12.9. The van der Waals surface area contributed by atoms with Crippen molar-refractivity contribution in [1.82, 2.24) is 15.1 Å². The Morgan fingerprint density at radius 3 is 2.70 bits per heavy atom. The van der Waals surface area contributed by atoms with Gasteiger partial charge in [-0.1, -0.05) is 24.6 Å². The van der Waals surface area contributed by atoms with Gasteiger partial charge >= 0.3 is 5.97 Å². The average molecular weight is 313 g/mol. The van der Waals surface area contributed by atoms with Crippen LogP contribution in [-0.2, 0) is 4.79 Å². The Morgan fingerprint density at radius 1 is 1.26 bits per heavy atom. The molecule has 1 aromatic heterocycles. The molecule has 1 aliphatic carbocycles. The molecule has 1 aliphatic rings. The van der Waals surface area contributed by atoms with Gasteiger partial charge in [-0.2, -0.15) is 5.10 Å². The third-order valence-electron chi connectivity index (χ3n) is 4.31. The first-order valence-electron chi connectivity index (χ1n) is 7.71. The van der Waals surface area contributed by atoms with Crippen molar-refractivity contribution in [1.29, 1.82) is 0 Å². The van der Waals surface area contributed by atoms with E-state index in [-0.39, 0.29) is 11.9 Å². The standard InChI is InChI=1S/C17H19N3O3/c1-11-14(10-20(19-11)12-6-3-2-4-7-12)16(21)18-15-9-5-8-13(15)17(22)23/h2-4,6-7,10,13,15H,5,8-9H2,1H3,(H,18,21)(H,22,23)/t13-,15+/m0/s1. The summed E-state index contributed by atoms with van der Waals surface area (Å²) >= 11 is 0. The molecule has 2 N–H and O–H groups in total. The quantitative estimate of drug-likeness (QED) is 0.906. The molecule has 23 heavy (non-hydrogen) atoms. The molecule has 0 saturated heterocycles. The van der Waals surface area contributed by atoms with Crippen molar-refractivity contribution in [2.75, 3.05) is 0 Å². The number of benzene rings is 1. The van der Waals surface area contributed by atoms with Gasteiger partial charge in [-0.25, -0.2) is 4.68 Å². The normalized spacial score (nSPS) is 20.4. The third-order valence-corrected chi connectivity index (χ3v) is 4.31. The lowest BCUT2D eigenvalue weighted by molar-refractivity contribution is -0.142. The lowest BCUT2D eigenvalue weighted by Gasteiger charge is -2.17. The van der Waals surface area contributed by atoms with Crippen molar-refractivity contribution in [2.24, 2.45) is 5.92 Å². The fraction of sp³-hybridized carbons (Fsp3) is 0.353. The topological polar surface area (TPSA) is 84.2 Å². The van der Waals surface area contributed by atoms with Crippen molar-refractivity contribution >= 4 is 11.9 Å². The van der Waals surface area contributed by atoms with Crippen molar-refractivity contribution in [2.45, 2.75) is 32.2 Å². The Hall–Kier alpha value is -2.63. The number of para-hydroxylation sites is 1. The van der Waals surface area contributed by atoms with Gasteiger partial charge in [0.15, 0.2) is 0 Å². The number of rotatable bonds is 4. The number of hydrogen-bond acceptors (Lipinski definition) is 3. The number of hydrogen-bond donors (Lipinski definition) is 2. The number of aliphatic carboxylic acids is 1. The summed E-state index contributed by atoms with van der Waals surface area (Å²) in [5.41, 5.74) is 1.97. The summed E-state index contributed by atoms with van der Waals surface area (Å²) in [7, 11) is 0. The molecular formula is C17H19N3O3. The molecule has 6 nitrogen and oxygen atoms in total. The van der Waals surface area contributed by atoms with Gasteiger partial charge in [-0.05, 0) is 31.9 Å². The fourth-order valence-electron chi connectivity index (χ4n) is 3.07. The number of carboxylic acid groups (broad SMARTS) is 1. The van der Waals surface area contributed by atoms with E-state index in [1.807, 2.05) is 30.3 Å². The Bertz CT molecular complexity index is 724. The molecule has 1 aromatic carbocycles. The monoisotopic (exact) mass is 313 g/mol. The van der Waals surface area contributed by atoms with Crippen LogP contribution in [0.3, 0.4) is 0 Å². The van der Waals surface area contributed by atoms with E-state index in [2.05, 4.69) is 10.4 Å². The van der Waals surface area contributed by atoms with Crippen LogP contribution in [0.5, 0.6) is 0 Å². The van der Waals surface area contributed by atoms with E-state index in [1.165, 1.54) is 0 Å². The van der Waals surface area contributed by atoms with E-state index >= 15 is 0 Å². The Morgan fingerprint density at radius 2 is 2.00 bits per heavy atom. The van der Waals surface area contributed by atoms with Crippen LogP contribution in [0.2, 0.25) is 0 Å². The number of nitrogens with zero attached hydrogens (tertiary/aromatic N) is 2. The Labute approximate surface area is 134 Å². The first-order valence-corrected chi connectivity index (χ1v) is 7.71. The molecule has 2 aromatic rings. The largest absolute Gasteiger partial charge is 0.481 e. The zero-order chi connectivity index (χ0) is 16.4. The second-order valence-electron chi connectivity index (χ2n) is 5.86. The van der Waals surface area contributed by atoms with Crippen LogP contribution in [0.25, 0.3) is 5.69 Å². The number of carbonyl (C=O) groups is 2. The van der Waals surface area contributed by atoms with E-state index < -0.39 is 11.9 Å². The van der Waals surface area contributed by atoms with Gasteiger partial charge in [0.2, 0.25) is 0 Å². The number of aromatic nitrogens is 2. The lowest BCUT2D eigenvalue weighted by atomic mass is 10.0. The molecular weight excluding hydrogens is 294 g/mol. The highest BCUT2D eigenvalue weighted by Crippen LogP contribution is 2.26. The predicted molar refractivity (Wildman–Crippen MR) is 84.5 cm³/mol. The van der Waals surface area contributed by atoms with Crippen LogP contribution in [0.4, 0.5) is 0 Å². The van der Waals surface area contributed by atoms with Crippen LogP contribution in [0.1, 0.15) is 35.3 Å². The molecule has 0 aliphatic heterocycles. The van der Waals surface area contributed by atoms with Gasteiger partial charge in [0.25, 0.3) is 5.91 Å². The average Bonchev–Trinajstić information content (AvgIpc) is 3.14. The van der Waals surface area contributed by atoms with Crippen LogP contribution < -0.4 is 5.32 Å². The van der Waals surface area contributed by atoms with Crippen LogP contribution in [-0.4, -0.2) is 32.8 Å². The van der Waals surface area contributed by atoms with Crippen molar-refractivity contribution in [3.8, 4) is 5.69 Å². The predicted octanol–water partition coefficient (Wildman–Crippen LogP) is 2.16. The Balaban J connectivity index is 1.78. The van der Waals surface area contributed by atoms with Gasteiger partial charge < -0.3 is 10.4 Å². The third kappa shape index (κ3) is 3.11. The summed E-state index contributed by atoms with van der Waals surface area (Å²) in [5, 5.41) is 16.4. The zero-order valence-electron chi connectivity index (χ0n) is 12.9. The summed E-state index contributed by atoms with van der Waals surface area (Å²) in [6.07, 6.45) is 3.83. The van der Waals surface area contributed by atoms with Crippen molar-refractivity contribution in [3.05, 3.63) is 47.8 Å². The van der Waals surface area contributed by atoms with Crippen LogP contribution in [0.15, 0.2) is 36.5 Å². The number of nitrogens with one attached hydrogen (secondary N) is 1. The molecule has 0 unspecified atom stereocenters. The molecule has 1 amide bonds. The molecule has 0 radical (unpaired) electrons. The second-order valence-corrected chi connectivity index (χ2v) is 5.86. The number of amides is 1. The van der Waals surface area contributed by atoms with Crippen LogP contribution in [0, 0.1) is 12.8 Å². The molecule has 120 valence electrons. The highest BCUT2D eigenvalue weighted by molar-refractivity contribution is 5.95. The maximum atomic E-state index is 12.5. The smallest absolute Gasteiger partial charge is 0.308 e. The van der Waals surface area contributed by atoms with Crippen molar-refractivity contribution < 1.29 is 14.7 Å². The van der Waals surface area contributed by atoms with Gasteiger partial charge in [0.05, 0.1) is 22.9 Å². The molecule has 3 rings (SSSR count). The number of aryl methyl sites for hydroxylation is 1. The lowest BCUT2D eigenvalue weighted by Crippen LogP contribution is -2.40. The summed E-state index contributed by atoms with van der Waals surface area (Å²) < 4.78 is 1.66. The van der Waals surface area contributed by atoms with E-state index in [0.717, 1.165) is 12.1 Å². The maximum absolute atomic E-state index is 12.5. The molecule has 0 bridgehead atoms. The highest BCUT2D eigenvalue weighted by Gasteiger charge is 2.34. The van der Waals surface area contributed by atoms with E-state index in [9.17, 15) is 14.7 Å². The van der Waals surface area contributed by atoms with E-state index in [4.69, 9.17) is 0 Å². The first-order chi connectivity index (χ1) is 11.1. The molecule has 2 atom stereocenters. The van der Waals surface area contributed by atoms with Gasteiger partial charge in [-0.3, -0.25) is 9.59 Å². The maximum Gasteiger partial charge on any atom is 0.308 e. The van der Waals surface area contributed by atoms with Crippen molar-refractivity contribution in [3.63, 3.8) is 0 Å². The highest BCUT2D eigenvalue weighted by atomic mass is 16.4. The molecule has 6 heteroatoms. The molecule has 1 fully saturated rings. The first kappa shape index (κ1) is 15.3. The van der Waals surface area contributed by atoms with Gasteiger partial charge in [0.1, 0.15) is 0 Å². The SMILES string of the molecule is Cc1nn(-c2ccccc2)cc1C(=O)N[C@@H]1CCC[C@@H]1C(=O)O. The summed E-state index contributed by atoms with van der Waals surface area (Å²) in [6, 6.07) is 9.24. The minimum atomic E-state index is -0.843. The fourth-order valence-corrected chi connectivity index (χ4v) is 3.07. The van der Waals surface area contributed by atoms with E-state index in [0.29, 0.717) is 24.1 Å². The minimum Gasteiger partial charge on any atom is -0.481 e. The summed E-state index contributed by atoms with van der Waals surface area (Å²) in [5.74, 6) is -1.60. The summed E-state index contributed by atoms with van der Waals surface area (Å²) in [4.78, 5) is 23.7. The van der Waals surface area contributed by atoms with Gasteiger partial charge in [-0.15, -0.1) is 0 Å². The van der Waals surface area contributed by atoms with Gasteiger partial charge in [0, 0.05) is 12.2 Å². The molecule has 1 saturated carbocycles. The summed E-state index contributed by atoms with van der Waals surface area (Å²) in [6.45, 7) is 1.78. The van der Waals surface area contributed by atoms with E-state index in [1.54, 1.807) is 17.8 Å². The van der Waals surface area contributed by atoms with Crippen LogP contribution >= 0.6 is 0 Å². The minimum absolute atomic E-state index is 0.261. The second kappa shape index (κ2) is 6.24. The molecule has 0 spiro atoms. The molecule has 1 heterocycles.